The van der Waals surface area contributed by atoms with Crippen molar-refractivity contribution in [3.8, 4) is 0 Å². The molecule has 2 unspecified atom stereocenters. The van der Waals surface area contributed by atoms with Gasteiger partial charge in [-0.2, -0.15) is 0 Å². The van der Waals surface area contributed by atoms with Crippen LogP contribution in [0.1, 0.15) is 284 Å². The normalized spacial score (nSPS) is 13.0. The van der Waals surface area contributed by atoms with Crippen molar-refractivity contribution in [1.29, 1.82) is 0 Å². The highest BCUT2D eigenvalue weighted by molar-refractivity contribution is 5.76. The maximum Gasteiger partial charge on any atom is 0.305 e. The summed E-state index contributed by atoms with van der Waals surface area (Å²) in [4.78, 5) is 24.5. The quantitative estimate of drug-likeness (QED) is 0.0321. The van der Waals surface area contributed by atoms with Crippen LogP contribution in [-0.4, -0.2) is 47.4 Å². The lowest BCUT2D eigenvalue weighted by molar-refractivity contribution is -0.143. The molecule has 0 rings (SSSR count). The largest absolute Gasteiger partial charge is 0.466 e. The van der Waals surface area contributed by atoms with Crippen molar-refractivity contribution in [3.63, 3.8) is 0 Å². The molecular formula is C58H107NO5. The number of amides is 1. The molecule has 0 aliphatic heterocycles. The molecule has 0 saturated heterocycles. The molecule has 0 spiro atoms. The molecule has 64 heavy (non-hydrogen) atoms. The maximum atomic E-state index is 12.4. The average Bonchev–Trinajstić information content (AvgIpc) is 3.29. The van der Waals surface area contributed by atoms with Crippen LogP contribution in [0.4, 0.5) is 0 Å². The third-order valence-electron chi connectivity index (χ3n) is 12.6. The van der Waals surface area contributed by atoms with E-state index in [0.717, 1.165) is 57.8 Å². The predicted octanol–water partition coefficient (Wildman–Crippen LogP) is 17.0. The van der Waals surface area contributed by atoms with Gasteiger partial charge in [-0.05, 0) is 77.0 Å². The zero-order valence-corrected chi connectivity index (χ0v) is 42.5. The molecular weight excluding hydrogens is 791 g/mol. The van der Waals surface area contributed by atoms with Gasteiger partial charge in [-0.15, -0.1) is 0 Å². The van der Waals surface area contributed by atoms with Crippen molar-refractivity contribution in [2.75, 3.05) is 13.2 Å². The van der Waals surface area contributed by atoms with Crippen LogP contribution in [0.3, 0.4) is 0 Å². The number of carbonyl (C=O) groups excluding carboxylic acids is 2. The Hall–Kier alpha value is -2.18. The molecule has 0 bridgehead atoms. The molecule has 0 radical (unpaired) electrons. The molecule has 374 valence electrons. The first kappa shape index (κ1) is 61.8. The summed E-state index contributed by atoms with van der Waals surface area (Å²) in [5, 5.41) is 23.2. The van der Waals surface area contributed by atoms with Crippen LogP contribution >= 0.6 is 0 Å². The molecule has 0 aliphatic rings. The van der Waals surface area contributed by atoms with Gasteiger partial charge in [-0.3, -0.25) is 9.59 Å². The van der Waals surface area contributed by atoms with Gasteiger partial charge in [0, 0.05) is 12.8 Å². The monoisotopic (exact) mass is 898 g/mol. The summed E-state index contributed by atoms with van der Waals surface area (Å²) in [6, 6.07) is -0.586. The number of ether oxygens (including phenoxy) is 1. The molecule has 0 aliphatic carbocycles. The number of carbonyl (C=O) groups is 2. The number of unbranched alkanes of at least 4 members (excludes halogenated alkanes) is 32. The second kappa shape index (κ2) is 53.4. The van der Waals surface area contributed by atoms with Gasteiger partial charge in [0.25, 0.3) is 0 Å². The Balaban J connectivity index is 3.53. The highest BCUT2D eigenvalue weighted by Crippen LogP contribution is 2.16. The fourth-order valence-corrected chi connectivity index (χ4v) is 8.31. The Morgan fingerprint density at radius 1 is 0.438 bits per heavy atom. The van der Waals surface area contributed by atoms with Gasteiger partial charge in [-0.25, -0.2) is 0 Å². The highest BCUT2D eigenvalue weighted by Gasteiger charge is 2.19. The van der Waals surface area contributed by atoms with Crippen molar-refractivity contribution in [2.45, 2.75) is 296 Å². The Morgan fingerprint density at radius 3 is 1.25 bits per heavy atom. The first-order valence-electron chi connectivity index (χ1n) is 27.9. The Bertz CT molecular complexity index is 1080. The number of rotatable bonds is 51. The molecule has 1 amide bonds. The molecule has 2 atom stereocenters. The van der Waals surface area contributed by atoms with Crippen LogP contribution in [0, 0.1) is 0 Å². The van der Waals surface area contributed by atoms with E-state index >= 15 is 0 Å². The number of aliphatic hydroxyl groups is 2. The summed E-state index contributed by atoms with van der Waals surface area (Å²) in [7, 11) is 0. The van der Waals surface area contributed by atoms with Gasteiger partial charge in [0.2, 0.25) is 5.91 Å². The van der Waals surface area contributed by atoms with Crippen LogP contribution in [0.25, 0.3) is 0 Å². The molecule has 0 aromatic carbocycles. The van der Waals surface area contributed by atoms with Gasteiger partial charge in [0.05, 0.1) is 25.4 Å². The number of hydrogen-bond donors (Lipinski definition) is 3. The summed E-state index contributed by atoms with van der Waals surface area (Å²) >= 11 is 0. The number of allylic oxidation sites excluding steroid dienone is 8. The maximum absolute atomic E-state index is 12.4. The van der Waals surface area contributed by atoms with E-state index in [2.05, 4.69) is 61.7 Å². The van der Waals surface area contributed by atoms with E-state index in [-0.39, 0.29) is 18.5 Å². The van der Waals surface area contributed by atoms with Crippen molar-refractivity contribution in [3.05, 3.63) is 48.6 Å². The third-order valence-corrected chi connectivity index (χ3v) is 12.6. The lowest BCUT2D eigenvalue weighted by Gasteiger charge is -2.22. The van der Waals surface area contributed by atoms with Crippen molar-refractivity contribution < 1.29 is 24.5 Å². The zero-order chi connectivity index (χ0) is 46.5. The molecule has 3 N–H and O–H groups in total. The third kappa shape index (κ3) is 49.3. The summed E-state index contributed by atoms with van der Waals surface area (Å²) < 4.78 is 5.47. The van der Waals surface area contributed by atoms with Crippen LogP contribution in [-0.2, 0) is 14.3 Å². The molecule has 0 aromatic rings. The highest BCUT2D eigenvalue weighted by atomic mass is 16.5. The predicted molar refractivity (Wildman–Crippen MR) is 278 cm³/mol. The first-order chi connectivity index (χ1) is 31.5. The fraction of sp³-hybridized carbons (Fsp3) is 0.828. The van der Waals surface area contributed by atoms with E-state index in [4.69, 9.17) is 4.74 Å². The van der Waals surface area contributed by atoms with Gasteiger partial charge >= 0.3 is 5.97 Å². The van der Waals surface area contributed by atoms with Crippen LogP contribution < -0.4 is 5.32 Å². The molecule has 6 nitrogen and oxygen atoms in total. The van der Waals surface area contributed by atoms with E-state index in [0.29, 0.717) is 32.3 Å². The van der Waals surface area contributed by atoms with E-state index in [9.17, 15) is 19.8 Å². The van der Waals surface area contributed by atoms with Crippen LogP contribution in [0.2, 0.25) is 0 Å². The number of nitrogens with one attached hydrogen (secondary N) is 1. The summed E-state index contributed by atoms with van der Waals surface area (Å²) in [5.41, 5.74) is 0. The van der Waals surface area contributed by atoms with Gasteiger partial charge in [0.15, 0.2) is 0 Å². The Labute approximate surface area is 397 Å². The molecule has 0 fully saturated rings. The minimum Gasteiger partial charge on any atom is -0.466 e. The van der Waals surface area contributed by atoms with Gasteiger partial charge in [0.1, 0.15) is 0 Å². The second-order valence-electron chi connectivity index (χ2n) is 18.9. The molecule has 0 saturated carbocycles. The smallest absolute Gasteiger partial charge is 0.305 e. The van der Waals surface area contributed by atoms with E-state index in [1.165, 1.54) is 186 Å². The lowest BCUT2D eigenvalue weighted by Crippen LogP contribution is -2.45. The average molecular weight is 898 g/mol. The molecule has 0 heterocycles. The van der Waals surface area contributed by atoms with Crippen LogP contribution in [0.5, 0.6) is 0 Å². The SMILES string of the molecule is CCCCC/C=C\C/C=C\CCCCCCCCCCCC(=O)OCCCCCCCC/C=C\C/C=C\CCC(=O)NC(CO)C(O)CCCCCCCCCCCCCCCCC. The standard InChI is InChI=1S/C58H107NO5/c1-3-5-7-9-11-13-15-17-19-20-21-22-24-28-32-36-40-44-48-52-58(63)64-53-49-45-41-37-33-29-25-27-31-35-39-43-47-51-57(62)59-55(54-60)56(61)50-46-42-38-34-30-26-23-18-16-14-12-10-8-6-4-2/h11,13,17,19,27,31,39,43,55-56,60-61H,3-10,12,14-16,18,20-26,28-30,32-38,40-42,44-54H2,1-2H3,(H,59,62)/b13-11-,19-17-,31-27-,43-39-. The number of esters is 1. The first-order valence-corrected chi connectivity index (χ1v) is 27.9. The van der Waals surface area contributed by atoms with Crippen molar-refractivity contribution >= 4 is 11.9 Å². The zero-order valence-electron chi connectivity index (χ0n) is 42.5. The molecule has 0 aromatic heterocycles. The van der Waals surface area contributed by atoms with E-state index < -0.39 is 12.1 Å². The fourth-order valence-electron chi connectivity index (χ4n) is 8.31. The second-order valence-corrected chi connectivity index (χ2v) is 18.9. The summed E-state index contributed by atoms with van der Waals surface area (Å²) in [6.45, 7) is 4.86. The number of hydrogen-bond acceptors (Lipinski definition) is 5. The van der Waals surface area contributed by atoms with E-state index in [1.54, 1.807) is 0 Å². The van der Waals surface area contributed by atoms with Crippen molar-refractivity contribution in [1.82, 2.24) is 5.32 Å². The summed E-state index contributed by atoms with van der Waals surface area (Å²) in [5.74, 6) is -0.137. The van der Waals surface area contributed by atoms with Crippen LogP contribution in [0.15, 0.2) is 48.6 Å². The van der Waals surface area contributed by atoms with Crippen molar-refractivity contribution in [2.24, 2.45) is 0 Å². The lowest BCUT2D eigenvalue weighted by atomic mass is 10.0. The Kier molecular flexibility index (Phi) is 51.6. The topological polar surface area (TPSA) is 95.9 Å². The Morgan fingerprint density at radius 2 is 0.797 bits per heavy atom. The molecule has 6 heteroatoms. The van der Waals surface area contributed by atoms with E-state index in [1.807, 2.05) is 6.08 Å². The number of aliphatic hydroxyl groups excluding tert-OH is 2. The minimum absolute atomic E-state index is 0.0212. The minimum atomic E-state index is -0.700. The summed E-state index contributed by atoms with van der Waals surface area (Å²) in [6.07, 6.45) is 66.7. The van der Waals surface area contributed by atoms with Gasteiger partial charge < -0.3 is 20.3 Å². The van der Waals surface area contributed by atoms with Gasteiger partial charge in [-0.1, -0.05) is 242 Å².